The molecule has 2 aliphatic rings. The van der Waals surface area contributed by atoms with Gasteiger partial charge in [-0.3, -0.25) is 4.79 Å². The fourth-order valence-corrected chi connectivity index (χ4v) is 2.89. The van der Waals surface area contributed by atoms with Crippen molar-refractivity contribution in [1.29, 1.82) is 0 Å². The number of ether oxygens (including phenoxy) is 1. The van der Waals surface area contributed by atoms with Crippen LogP contribution in [0.25, 0.3) is 0 Å². The fraction of sp³-hybridized carbons (Fsp3) is 0.643. The van der Waals surface area contributed by atoms with Crippen LogP contribution in [0.4, 0.5) is 0 Å². The van der Waals surface area contributed by atoms with Crippen molar-refractivity contribution in [2.75, 3.05) is 7.11 Å². The Morgan fingerprint density at radius 3 is 2.44 bits per heavy atom. The Bertz CT molecular complexity index is 477. The molecule has 1 heterocycles. The van der Waals surface area contributed by atoms with Crippen LogP contribution in [0.3, 0.4) is 0 Å². The molecule has 3 rings (SSSR count). The summed E-state index contributed by atoms with van der Waals surface area (Å²) in [7, 11) is 1.44. The highest BCUT2D eigenvalue weighted by Gasteiger charge is 2.63. The van der Waals surface area contributed by atoms with Gasteiger partial charge in [-0.25, -0.2) is 9.97 Å². The van der Waals surface area contributed by atoms with Gasteiger partial charge in [-0.15, -0.1) is 0 Å². The van der Waals surface area contributed by atoms with Crippen molar-refractivity contribution in [2.45, 2.75) is 38.5 Å². The van der Waals surface area contributed by atoms with Crippen LogP contribution < -0.4 is 0 Å². The van der Waals surface area contributed by atoms with Crippen LogP contribution >= 0.6 is 0 Å². The maximum absolute atomic E-state index is 11.7. The first kappa shape index (κ1) is 11.6. The van der Waals surface area contributed by atoms with Gasteiger partial charge in [0, 0.05) is 24.2 Å². The van der Waals surface area contributed by atoms with Crippen molar-refractivity contribution < 1.29 is 9.53 Å². The van der Waals surface area contributed by atoms with Gasteiger partial charge in [0.1, 0.15) is 5.82 Å². The van der Waals surface area contributed by atoms with E-state index in [2.05, 4.69) is 23.8 Å². The van der Waals surface area contributed by atoms with Crippen LogP contribution in [0.5, 0.6) is 0 Å². The van der Waals surface area contributed by atoms with E-state index in [9.17, 15) is 4.79 Å². The third-order valence-electron chi connectivity index (χ3n) is 4.28. The molecule has 0 spiro atoms. The van der Waals surface area contributed by atoms with Crippen LogP contribution in [0, 0.1) is 11.3 Å². The van der Waals surface area contributed by atoms with E-state index in [0.717, 1.165) is 11.4 Å². The molecule has 2 atom stereocenters. The standard InChI is InChI=1S/C14H18N2O2/c1-14(2)10(11(14)13(17)18-3)9-6-15-12(16-7-9)8-4-5-8/h6-8,10-11H,4-5H2,1-3H3/t10-,11+/m0/s1. The summed E-state index contributed by atoms with van der Waals surface area (Å²) in [6.07, 6.45) is 6.18. The zero-order valence-electron chi connectivity index (χ0n) is 11.0. The molecule has 0 unspecified atom stereocenters. The number of methoxy groups -OCH3 is 1. The quantitative estimate of drug-likeness (QED) is 0.768. The van der Waals surface area contributed by atoms with E-state index in [1.807, 2.05) is 12.4 Å². The van der Waals surface area contributed by atoms with E-state index >= 15 is 0 Å². The average Bonchev–Trinajstić information content (AvgIpc) is 3.24. The van der Waals surface area contributed by atoms with E-state index in [-0.39, 0.29) is 23.2 Å². The minimum atomic E-state index is -0.128. The summed E-state index contributed by atoms with van der Waals surface area (Å²) in [5.74, 6) is 1.53. The molecule has 2 saturated carbocycles. The van der Waals surface area contributed by atoms with Crippen molar-refractivity contribution in [3.63, 3.8) is 0 Å². The summed E-state index contributed by atoms with van der Waals surface area (Å²) in [5, 5.41) is 0. The fourth-order valence-electron chi connectivity index (χ4n) is 2.89. The van der Waals surface area contributed by atoms with Crippen molar-refractivity contribution in [1.82, 2.24) is 9.97 Å². The maximum atomic E-state index is 11.7. The Balaban J connectivity index is 1.80. The maximum Gasteiger partial charge on any atom is 0.309 e. The Kier molecular flexibility index (Phi) is 2.44. The highest BCUT2D eigenvalue weighted by atomic mass is 16.5. The number of nitrogens with zero attached hydrogens (tertiary/aromatic N) is 2. The van der Waals surface area contributed by atoms with Crippen molar-refractivity contribution in [2.24, 2.45) is 11.3 Å². The van der Waals surface area contributed by atoms with Gasteiger partial charge in [-0.2, -0.15) is 0 Å². The van der Waals surface area contributed by atoms with Gasteiger partial charge in [0.15, 0.2) is 0 Å². The van der Waals surface area contributed by atoms with E-state index in [1.165, 1.54) is 20.0 Å². The first-order chi connectivity index (χ1) is 8.55. The van der Waals surface area contributed by atoms with Gasteiger partial charge in [0.25, 0.3) is 0 Å². The third kappa shape index (κ3) is 1.71. The molecule has 2 fully saturated rings. The number of aromatic nitrogens is 2. The van der Waals surface area contributed by atoms with E-state index in [4.69, 9.17) is 4.74 Å². The zero-order valence-corrected chi connectivity index (χ0v) is 11.0. The molecule has 2 aliphatic carbocycles. The third-order valence-corrected chi connectivity index (χ3v) is 4.28. The number of hydrogen-bond donors (Lipinski definition) is 0. The van der Waals surface area contributed by atoms with Crippen LogP contribution in [-0.2, 0) is 9.53 Å². The summed E-state index contributed by atoms with van der Waals surface area (Å²) < 4.78 is 4.85. The minimum Gasteiger partial charge on any atom is -0.469 e. The number of carbonyl (C=O) groups excluding carboxylic acids is 1. The van der Waals surface area contributed by atoms with Crippen LogP contribution in [-0.4, -0.2) is 23.0 Å². The second-order valence-electron chi connectivity index (χ2n) is 5.95. The summed E-state index contributed by atoms with van der Waals surface area (Å²) in [6.45, 7) is 4.18. The molecule has 0 radical (unpaired) electrons. The predicted molar refractivity (Wildman–Crippen MR) is 66.0 cm³/mol. The number of hydrogen-bond acceptors (Lipinski definition) is 4. The average molecular weight is 246 g/mol. The topological polar surface area (TPSA) is 52.1 Å². The van der Waals surface area contributed by atoms with Gasteiger partial charge >= 0.3 is 5.97 Å². The molecule has 4 nitrogen and oxygen atoms in total. The zero-order chi connectivity index (χ0) is 12.9. The largest absolute Gasteiger partial charge is 0.469 e. The Hall–Kier alpha value is -1.45. The molecular formula is C14H18N2O2. The normalized spacial score (nSPS) is 28.8. The number of carbonyl (C=O) groups is 1. The lowest BCUT2D eigenvalue weighted by Gasteiger charge is -2.02. The smallest absolute Gasteiger partial charge is 0.309 e. The summed E-state index contributed by atoms with van der Waals surface area (Å²) in [6, 6.07) is 0. The van der Waals surface area contributed by atoms with Crippen LogP contribution in [0.2, 0.25) is 0 Å². The Morgan fingerprint density at radius 1 is 1.33 bits per heavy atom. The molecule has 0 bridgehead atoms. The first-order valence-corrected chi connectivity index (χ1v) is 6.45. The Morgan fingerprint density at radius 2 is 1.94 bits per heavy atom. The molecule has 0 amide bonds. The van der Waals surface area contributed by atoms with Gasteiger partial charge in [0.05, 0.1) is 13.0 Å². The lowest BCUT2D eigenvalue weighted by Crippen LogP contribution is -2.07. The van der Waals surface area contributed by atoms with Crippen molar-refractivity contribution in [3.8, 4) is 0 Å². The van der Waals surface area contributed by atoms with E-state index < -0.39 is 0 Å². The highest BCUT2D eigenvalue weighted by Crippen LogP contribution is 2.64. The highest BCUT2D eigenvalue weighted by molar-refractivity contribution is 5.79. The molecule has 96 valence electrons. The molecule has 4 heteroatoms. The monoisotopic (exact) mass is 246 g/mol. The van der Waals surface area contributed by atoms with Gasteiger partial charge in [-0.05, 0) is 23.8 Å². The molecule has 1 aromatic heterocycles. The SMILES string of the molecule is COC(=O)[C@H]1[C@H](c2cnc(C3CC3)nc2)C1(C)C. The Labute approximate surface area is 107 Å². The molecule has 1 aromatic rings. The molecule has 0 aliphatic heterocycles. The van der Waals surface area contributed by atoms with Crippen molar-refractivity contribution >= 4 is 5.97 Å². The van der Waals surface area contributed by atoms with Gasteiger partial charge in [0.2, 0.25) is 0 Å². The molecule has 0 aromatic carbocycles. The summed E-state index contributed by atoms with van der Waals surface area (Å²) >= 11 is 0. The first-order valence-electron chi connectivity index (χ1n) is 6.45. The van der Waals surface area contributed by atoms with E-state index in [0.29, 0.717) is 5.92 Å². The van der Waals surface area contributed by atoms with Crippen LogP contribution in [0.1, 0.15) is 49.9 Å². The van der Waals surface area contributed by atoms with Gasteiger partial charge in [-0.1, -0.05) is 13.8 Å². The summed E-state index contributed by atoms with van der Waals surface area (Å²) in [5.41, 5.74) is 1.01. The molecule has 0 N–H and O–H groups in total. The lowest BCUT2D eigenvalue weighted by molar-refractivity contribution is -0.143. The van der Waals surface area contributed by atoms with Crippen molar-refractivity contribution in [3.05, 3.63) is 23.8 Å². The minimum absolute atomic E-state index is 0.0441. The number of esters is 1. The number of rotatable bonds is 3. The second-order valence-corrected chi connectivity index (χ2v) is 5.95. The predicted octanol–water partition coefficient (Wildman–Crippen LogP) is 2.27. The second kappa shape index (κ2) is 3.77. The summed E-state index contributed by atoms with van der Waals surface area (Å²) in [4.78, 5) is 20.5. The van der Waals surface area contributed by atoms with Crippen LogP contribution in [0.15, 0.2) is 12.4 Å². The molecular weight excluding hydrogens is 228 g/mol. The molecule has 18 heavy (non-hydrogen) atoms. The lowest BCUT2D eigenvalue weighted by atomic mass is 10.1. The molecule has 0 saturated heterocycles. The van der Waals surface area contributed by atoms with E-state index in [1.54, 1.807) is 0 Å². The van der Waals surface area contributed by atoms with Gasteiger partial charge < -0.3 is 4.74 Å².